The van der Waals surface area contributed by atoms with Gasteiger partial charge in [0.25, 0.3) is 0 Å². The van der Waals surface area contributed by atoms with Gasteiger partial charge in [0.15, 0.2) is 11.6 Å². The molecule has 2 amide bonds. The first-order valence-corrected chi connectivity index (χ1v) is 15.4. The molecule has 0 saturated heterocycles. The maximum atomic E-state index is 12.9. The number of alkyl carbamates (subject to hydrolysis) is 2. The lowest BCUT2D eigenvalue weighted by molar-refractivity contribution is -0.991. The van der Waals surface area contributed by atoms with E-state index in [9.17, 15) is 34.7 Å². The number of nitrogens with one attached hydrogen (secondary N) is 3. The fourth-order valence-corrected chi connectivity index (χ4v) is 5.33. The molecule has 0 heterocycles. The molecule has 3 aromatic rings. The van der Waals surface area contributed by atoms with Crippen molar-refractivity contribution in [1.29, 1.82) is 0 Å². The van der Waals surface area contributed by atoms with Gasteiger partial charge >= 0.3 is 24.1 Å². The van der Waals surface area contributed by atoms with Gasteiger partial charge in [0.05, 0.1) is 5.56 Å². The number of hydrogen-bond acceptors (Lipinski definition) is 10. The second kappa shape index (κ2) is 16.1. The van der Waals surface area contributed by atoms with E-state index in [0.29, 0.717) is 0 Å². The van der Waals surface area contributed by atoms with Crippen molar-refractivity contribution in [2.24, 2.45) is 10.7 Å². The van der Waals surface area contributed by atoms with Crippen LogP contribution in [0, 0.1) is 5.21 Å². The second-order valence-corrected chi connectivity index (χ2v) is 12.1. The van der Waals surface area contributed by atoms with Crippen LogP contribution in [0.1, 0.15) is 62.3 Å². The summed E-state index contributed by atoms with van der Waals surface area (Å²) in [4.78, 5) is 54.0. The first-order chi connectivity index (χ1) is 23.2. The zero-order chi connectivity index (χ0) is 35.7. The van der Waals surface area contributed by atoms with Gasteiger partial charge in [-0.25, -0.2) is 24.4 Å². The number of aliphatic carboxylic acids is 1. The molecule has 0 bridgehead atoms. The van der Waals surface area contributed by atoms with Gasteiger partial charge in [-0.05, 0) is 61.9 Å². The SMILES string of the molecule is CC(C)(C)OC(=O)C(OC(=O)NC(N)=NCCC[C@@H](NC(=O)OCC1c2ccccc2-c2ccccc21)C(=O)O)c1ccccc1[NH+]([O-])O. The van der Waals surface area contributed by atoms with Crippen LogP contribution in [0.3, 0.4) is 0 Å². The quantitative estimate of drug-likeness (QED) is 0.0407. The monoisotopic (exact) mass is 677 g/mol. The number of carbonyl (C=O) groups excluding carboxylic acids is 3. The number of rotatable bonds is 12. The van der Waals surface area contributed by atoms with Crippen molar-refractivity contribution in [3.63, 3.8) is 0 Å². The Labute approximate surface area is 282 Å². The molecule has 15 nitrogen and oxygen atoms in total. The summed E-state index contributed by atoms with van der Waals surface area (Å²) in [7, 11) is 0. The van der Waals surface area contributed by atoms with Crippen molar-refractivity contribution in [2.75, 3.05) is 13.2 Å². The van der Waals surface area contributed by atoms with Gasteiger partial charge in [0.1, 0.15) is 18.2 Å². The van der Waals surface area contributed by atoms with Gasteiger partial charge in [0.2, 0.25) is 6.10 Å². The van der Waals surface area contributed by atoms with E-state index < -0.39 is 53.1 Å². The summed E-state index contributed by atoms with van der Waals surface area (Å²) >= 11 is 0. The number of aliphatic imine (C=N–C) groups is 1. The number of nitrogens with zero attached hydrogens (tertiary/aromatic N) is 1. The number of fused-ring (bicyclic) bond motifs is 3. The summed E-state index contributed by atoms with van der Waals surface area (Å²) in [6, 6.07) is 19.9. The number of hydrogen-bond donors (Lipinski definition) is 6. The molecule has 2 unspecified atom stereocenters. The van der Waals surface area contributed by atoms with Crippen molar-refractivity contribution >= 4 is 35.8 Å². The van der Waals surface area contributed by atoms with Crippen molar-refractivity contribution in [3.05, 3.63) is 94.7 Å². The molecule has 0 aromatic heterocycles. The molecule has 0 aliphatic heterocycles. The van der Waals surface area contributed by atoms with Crippen LogP contribution in [0.25, 0.3) is 11.1 Å². The minimum absolute atomic E-state index is 0.0193. The van der Waals surface area contributed by atoms with Gasteiger partial charge in [-0.2, -0.15) is 5.23 Å². The minimum atomic E-state index is -1.74. The molecule has 1 aliphatic carbocycles. The summed E-state index contributed by atoms with van der Waals surface area (Å²) in [6.45, 7) is 4.76. The summed E-state index contributed by atoms with van der Waals surface area (Å²) in [5, 5.41) is 34.2. The highest BCUT2D eigenvalue weighted by molar-refractivity contribution is 5.94. The third-order valence-corrected chi connectivity index (χ3v) is 7.42. The molecule has 3 atom stereocenters. The molecule has 15 heteroatoms. The van der Waals surface area contributed by atoms with Crippen molar-refractivity contribution in [1.82, 2.24) is 10.6 Å². The number of nitrogens with two attached hydrogens (primary N) is 1. The Hall–Kier alpha value is -5.51. The Morgan fingerprint density at radius 3 is 2.14 bits per heavy atom. The predicted octanol–water partition coefficient (Wildman–Crippen LogP) is 3.29. The van der Waals surface area contributed by atoms with E-state index >= 15 is 0 Å². The van der Waals surface area contributed by atoms with Gasteiger partial charge in [-0.1, -0.05) is 60.7 Å². The number of para-hydroxylation sites is 1. The highest BCUT2D eigenvalue weighted by Crippen LogP contribution is 2.44. The highest BCUT2D eigenvalue weighted by Gasteiger charge is 2.34. The first kappa shape index (κ1) is 36.3. The third kappa shape index (κ3) is 9.76. The lowest BCUT2D eigenvalue weighted by Gasteiger charge is -2.25. The van der Waals surface area contributed by atoms with Crippen LogP contribution >= 0.6 is 0 Å². The summed E-state index contributed by atoms with van der Waals surface area (Å²) in [5.41, 5.74) is 8.59. The fraction of sp³-hybridized carbons (Fsp3) is 0.324. The largest absolute Gasteiger partial charge is 0.595 e. The average Bonchev–Trinajstić information content (AvgIpc) is 3.36. The number of esters is 1. The molecule has 7 N–H and O–H groups in total. The number of guanidine groups is 1. The number of ether oxygens (including phenoxy) is 3. The molecule has 0 fully saturated rings. The number of quaternary nitrogens is 1. The maximum Gasteiger partial charge on any atom is 0.415 e. The van der Waals surface area contributed by atoms with Gasteiger partial charge in [-0.3, -0.25) is 10.3 Å². The maximum absolute atomic E-state index is 12.9. The van der Waals surface area contributed by atoms with E-state index in [1.807, 2.05) is 48.5 Å². The van der Waals surface area contributed by atoms with Crippen LogP contribution in [-0.4, -0.2) is 65.2 Å². The Morgan fingerprint density at radius 2 is 1.55 bits per heavy atom. The number of carbonyl (C=O) groups is 4. The molecule has 49 heavy (non-hydrogen) atoms. The molecule has 1 aliphatic rings. The van der Waals surface area contributed by atoms with Gasteiger partial charge in [-0.15, -0.1) is 0 Å². The highest BCUT2D eigenvalue weighted by atomic mass is 16.8. The van der Waals surface area contributed by atoms with E-state index in [1.165, 1.54) is 24.3 Å². The number of benzene rings is 3. The Bertz CT molecular complexity index is 1660. The lowest BCUT2D eigenvalue weighted by atomic mass is 9.98. The molecule has 0 radical (unpaired) electrons. The number of carboxylic acid groups (broad SMARTS) is 1. The Kier molecular flexibility index (Phi) is 11.9. The fourth-order valence-electron chi connectivity index (χ4n) is 5.33. The topological polar surface area (TPSA) is 226 Å². The summed E-state index contributed by atoms with van der Waals surface area (Å²) < 4.78 is 16.0. The standard InChI is InChI=1S/C34H39N5O10/c1-34(2,3)49-30(42)28(24-15-8-9-17-27(24)39(45)46)48-33(44)38-31(35)36-18-10-16-26(29(40)41)37-32(43)47-19-25-22-13-6-4-11-20(22)21-12-5-7-14-23(21)25/h4-9,11-15,17,25-26,28,39,45H,10,16,18-19H2,1-3H3,(H,37,43)(H,40,41)(H3,35,36,38,44)/t26-,28?/m1/s1. The molecule has 0 saturated carbocycles. The van der Waals surface area contributed by atoms with Crippen LogP contribution < -0.4 is 21.6 Å². The Morgan fingerprint density at radius 1 is 0.959 bits per heavy atom. The Balaban J connectivity index is 1.29. The van der Waals surface area contributed by atoms with E-state index in [0.717, 1.165) is 22.3 Å². The molecule has 4 rings (SSSR count). The summed E-state index contributed by atoms with van der Waals surface area (Å²) in [6.07, 6.45) is -3.72. The average molecular weight is 678 g/mol. The van der Waals surface area contributed by atoms with Crippen LogP contribution in [0.2, 0.25) is 0 Å². The zero-order valence-corrected chi connectivity index (χ0v) is 27.2. The normalized spacial score (nSPS) is 14.4. The van der Waals surface area contributed by atoms with Crippen molar-refractivity contribution in [3.8, 4) is 11.1 Å². The predicted molar refractivity (Wildman–Crippen MR) is 176 cm³/mol. The van der Waals surface area contributed by atoms with Gasteiger partial charge < -0.3 is 35.6 Å². The van der Waals surface area contributed by atoms with E-state index in [-0.39, 0.29) is 43.2 Å². The minimum Gasteiger partial charge on any atom is -0.595 e. The van der Waals surface area contributed by atoms with Gasteiger partial charge in [0, 0.05) is 18.5 Å². The summed E-state index contributed by atoms with van der Waals surface area (Å²) in [5.74, 6) is -2.88. The molecule has 260 valence electrons. The van der Waals surface area contributed by atoms with Crippen molar-refractivity contribution in [2.45, 2.75) is 57.3 Å². The molecular formula is C34H39N5O10. The van der Waals surface area contributed by atoms with Crippen molar-refractivity contribution < 1.29 is 48.9 Å². The number of amides is 2. The van der Waals surface area contributed by atoms with E-state index in [4.69, 9.17) is 19.9 Å². The first-order valence-electron chi connectivity index (χ1n) is 15.4. The van der Waals surface area contributed by atoms with Crippen LogP contribution in [0.5, 0.6) is 0 Å². The van der Waals surface area contributed by atoms with E-state index in [1.54, 1.807) is 20.8 Å². The molecular weight excluding hydrogens is 638 g/mol. The molecule has 0 spiro atoms. The van der Waals surface area contributed by atoms with Crippen LogP contribution in [-0.2, 0) is 23.8 Å². The number of carboxylic acids is 1. The second-order valence-electron chi connectivity index (χ2n) is 12.1. The lowest BCUT2D eigenvalue weighted by Crippen LogP contribution is -2.99. The smallest absolute Gasteiger partial charge is 0.415 e. The molecule has 3 aromatic carbocycles. The third-order valence-electron chi connectivity index (χ3n) is 7.42. The van der Waals surface area contributed by atoms with Crippen LogP contribution in [0.4, 0.5) is 15.3 Å². The zero-order valence-electron chi connectivity index (χ0n) is 27.2. The van der Waals surface area contributed by atoms with E-state index in [2.05, 4.69) is 15.6 Å². The van der Waals surface area contributed by atoms with Crippen LogP contribution in [0.15, 0.2) is 77.8 Å².